The minimum atomic E-state index is -4.59. The van der Waals surface area contributed by atoms with Crippen LogP contribution in [0, 0.1) is 11.6 Å². The standard InChI is InChI=1S/C14H11F5N2/c15-10-4-1-8(2-5-10)13(21-20)11-7-9(14(17,18)19)3-6-12(11)16/h1-7,13,21H,20H2. The van der Waals surface area contributed by atoms with Gasteiger partial charge in [0.05, 0.1) is 11.6 Å². The van der Waals surface area contributed by atoms with E-state index in [9.17, 15) is 22.0 Å². The van der Waals surface area contributed by atoms with E-state index in [1.165, 1.54) is 12.1 Å². The molecule has 2 aromatic rings. The Labute approximate surface area is 117 Å². The SMILES string of the molecule is NNC(c1ccc(F)cc1)c1cc(C(F)(F)F)ccc1F. The van der Waals surface area contributed by atoms with E-state index in [4.69, 9.17) is 5.84 Å². The van der Waals surface area contributed by atoms with Gasteiger partial charge in [0.25, 0.3) is 0 Å². The molecule has 0 spiro atoms. The zero-order valence-electron chi connectivity index (χ0n) is 10.6. The van der Waals surface area contributed by atoms with Gasteiger partial charge in [-0.1, -0.05) is 12.1 Å². The minimum absolute atomic E-state index is 0.265. The van der Waals surface area contributed by atoms with Crippen molar-refractivity contribution in [2.24, 2.45) is 5.84 Å². The van der Waals surface area contributed by atoms with Crippen LogP contribution in [0.3, 0.4) is 0 Å². The van der Waals surface area contributed by atoms with E-state index >= 15 is 0 Å². The lowest BCUT2D eigenvalue weighted by atomic mass is 9.97. The Bertz CT molecular complexity index is 622. The first-order valence-electron chi connectivity index (χ1n) is 5.91. The fourth-order valence-corrected chi connectivity index (χ4v) is 1.96. The van der Waals surface area contributed by atoms with E-state index in [1.54, 1.807) is 0 Å². The zero-order valence-corrected chi connectivity index (χ0v) is 10.6. The molecule has 2 rings (SSSR count). The fourth-order valence-electron chi connectivity index (χ4n) is 1.96. The fraction of sp³-hybridized carbons (Fsp3) is 0.143. The third-order valence-electron chi connectivity index (χ3n) is 3.00. The highest BCUT2D eigenvalue weighted by Gasteiger charge is 2.32. The molecule has 0 bridgehead atoms. The number of rotatable bonds is 3. The van der Waals surface area contributed by atoms with E-state index in [0.717, 1.165) is 18.2 Å². The zero-order chi connectivity index (χ0) is 15.6. The molecule has 1 atom stereocenters. The van der Waals surface area contributed by atoms with Crippen LogP contribution in [0.15, 0.2) is 42.5 Å². The number of nitrogens with one attached hydrogen (secondary N) is 1. The maximum Gasteiger partial charge on any atom is 0.416 e. The molecule has 0 heterocycles. The number of hydrogen-bond acceptors (Lipinski definition) is 2. The molecule has 0 fully saturated rings. The van der Waals surface area contributed by atoms with Gasteiger partial charge >= 0.3 is 6.18 Å². The van der Waals surface area contributed by atoms with Gasteiger partial charge in [0, 0.05) is 5.56 Å². The van der Waals surface area contributed by atoms with Gasteiger partial charge in [-0.15, -0.1) is 0 Å². The Morgan fingerprint density at radius 2 is 1.57 bits per heavy atom. The predicted octanol–water partition coefficient (Wildman–Crippen LogP) is 3.54. The normalized spacial score (nSPS) is 13.2. The summed E-state index contributed by atoms with van der Waals surface area (Å²) in [5, 5.41) is 0. The van der Waals surface area contributed by atoms with E-state index in [-0.39, 0.29) is 5.56 Å². The van der Waals surface area contributed by atoms with E-state index in [0.29, 0.717) is 17.7 Å². The van der Waals surface area contributed by atoms with Crippen molar-refractivity contribution in [3.05, 3.63) is 70.8 Å². The lowest BCUT2D eigenvalue weighted by molar-refractivity contribution is -0.137. The lowest BCUT2D eigenvalue weighted by Crippen LogP contribution is -2.29. The molecular formula is C14H11F5N2. The molecule has 0 aliphatic rings. The van der Waals surface area contributed by atoms with E-state index in [1.807, 2.05) is 0 Å². The second kappa shape index (κ2) is 5.79. The molecule has 0 saturated heterocycles. The molecule has 21 heavy (non-hydrogen) atoms. The molecule has 0 radical (unpaired) electrons. The highest BCUT2D eigenvalue weighted by molar-refractivity contribution is 5.36. The van der Waals surface area contributed by atoms with Gasteiger partial charge < -0.3 is 0 Å². The first-order chi connectivity index (χ1) is 9.82. The van der Waals surface area contributed by atoms with Gasteiger partial charge in [0.1, 0.15) is 11.6 Å². The van der Waals surface area contributed by atoms with Crippen LogP contribution in [0.25, 0.3) is 0 Å². The lowest BCUT2D eigenvalue weighted by Gasteiger charge is -2.19. The van der Waals surface area contributed by atoms with Crippen molar-refractivity contribution in [2.45, 2.75) is 12.2 Å². The van der Waals surface area contributed by atoms with Gasteiger partial charge in [0.15, 0.2) is 0 Å². The molecule has 7 heteroatoms. The Morgan fingerprint density at radius 3 is 2.10 bits per heavy atom. The van der Waals surface area contributed by atoms with Crippen molar-refractivity contribution < 1.29 is 22.0 Å². The topological polar surface area (TPSA) is 38.0 Å². The first-order valence-corrected chi connectivity index (χ1v) is 5.91. The van der Waals surface area contributed by atoms with Crippen LogP contribution in [0.2, 0.25) is 0 Å². The van der Waals surface area contributed by atoms with E-state index in [2.05, 4.69) is 5.43 Å². The van der Waals surface area contributed by atoms with Gasteiger partial charge in [-0.3, -0.25) is 5.84 Å². The van der Waals surface area contributed by atoms with Gasteiger partial charge in [0.2, 0.25) is 0 Å². The molecule has 2 nitrogen and oxygen atoms in total. The summed E-state index contributed by atoms with van der Waals surface area (Å²) in [4.78, 5) is 0. The number of hydrogen-bond donors (Lipinski definition) is 2. The van der Waals surface area contributed by atoms with Crippen LogP contribution >= 0.6 is 0 Å². The summed E-state index contributed by atoms with van der Waals surface area (Å²) in [6.45, 7) is 0. The van der Waals surface area contributed by atoms with Crippen LogP contribution in [-0.4, -0.2) is 0 Å². The maximum atomic E-state index is 13.8. The Kier molecular flexibility index (Phi) is 4.24. The average molecular weight is 302 g/mol. The summed E-state index contributed by atoms with van der Waals surface area (Å²) in [6.07, 6.45) is -4.59. The van der Waals surface area contributed by atoms with Crippen LogP contribution in [-0.2, 0) is 6.18 Å². The highest BCUT2D eigenvalue weighted by Crippen LogP contribution is 2.33. The van der Waals surface area contributed by atoms with Crippen LogP contribution in [0.1, 0.15) is 22.7 Å². The second-order valence-electron chi connectivity index (χ2n) is 4.39. The van der Waals surface area contributed by atoms with Crippen molar-refractivity contribution in [1.29, 1.82) is 0 Å². The van der Waals surface area contributed by atoms with Crippen molar-refractivity contribution in [2.75, 3.05) is 0 Å². The predicted molar refractivity (Wildman–Crippen MR) is 67.0 cm³/mol. The first kappa shape index (κ1) is 15.4. The van der Waals surface area contributed by atoms with Crippen molar-refractivity contribution in [1.82, 2.24) is 5.43 Å². The Balaban J connectivity index is 2.49. The monoisotopic (exact) mass is 302 g/mol. The van der Waals surface area contributed by atoms with Gasteiger partial charge in [-0.2, -0.15) is 13.2 Å². The number of alkyl halides is 3. The summed E-state index contributed by atoms with van der Waals surface area (Å²) in [6, 6.07) is 5.91. The molecule has 0 aromatic heterocycles. The molecule has 0 aliphatic carbocycles. The molecule has 0 saturated carbocycles. The average Bonchev–Trinajstić information content (AvgIpc) is 2.42. The molecular weight excluding hydrogens is 291 g/mol. The van der Waals surface area contributed by atoms with Crippen molar-refractivity contribution >= 4 is 0 Å². The van der Waals surface area contributed by atoms with Crippen LogP contribution < -0.4 is 11.3 Å². The molecule has 0 amide bonds. The molecule has 0 aliphatic heterocycles. The molecule has 2 aromatic carbocycles. The summed E-state index contributed by atoms with van der Waals surface area (Å²) >= 11 is 0. The largest absolute Gasteiger partial charge is 0.416 e. The maximum absolute atomic E-state index is 13.8. The molecule has 112 valence electrons. The summed E-state index contributed by atoms with van der Waals surface area (Å²) in [7, 11) is 0. The van der Waals surface area contributed by atoms with Gasteiger partial charge in [-0.25, -0.2) is 14.2 Å². The van der Waals surface area contributed by atoms with Crippen LogP contribution in [0.4, 0.5) is 22.0 Å². The minimum Gasteiger partial charge on any atom is -0.271 e. The number of benzene rings is 2. The Hall–Kier alpha value is -1.99. The summed E-state index contributed by atoms with van der Waals surface area (Å²) in [5.41, 5.74) is 1.34. The summed E-state index contributed by atoms with van der Waals surface area (Å²) < 4.78 is 64.8. The highest BCUT2D eigenvalue weighted by atomic mass is 19.4. The second-order valence-corrected chi connectivity index (χ2v) is 4.39. The Morgan fingerprint density at radius 1 is 0.952 bits per heavy atom. The summed E-state index contributed by atoms with van der Waals surface area (Å²) in [5.74, 6) is 3.96. The molecule has 3 N–H and O–H groups in total. The van der Waals surface area contributed by atoms with Gasteiger partial charge in [-0.05, 0) is 35.9 Å². The number of halogens is 5. The van der Waals surface area contributed by atoms with Crippen molar-refractivity contribution in [3.8, 4) is 0 Å². The van der Waals surface area contributed by atoms with E-state index < -0.39 is 29.4 Å². The number of hydrazine groups is 1. The molecule has 1 unspecified atom stereocenters. The third-order valence-corrected chi connectivity index (χ3v) is 3.00. The van der Waals surface area contributed by atoms with Crippen molar-refractivity contribution in [3.63, 3.8) is 0 Å². The quantitative estimate of drug-likeness (QED) is 0.517. The number of nitrogens with two attached hydrogens (primary N) is 1. The third kappa shape index (κ3) is 3.37. The smallest absolute Gasteiger partial charge is 0.271 e. The van der Waals surface area contributed by atoms with Crippen LogP contribution in [0.5, 0.6) is 0 Å².